The first-order valence-corrected chi connectivity index (χ1v) is 8.79. The van der Waals surface area contributed by atoms with Gasteiger partial charge in [0.1, 0.15) is 5.76 Å². The summed E-state index contributed by atoms with van der Waals surface area (Å²) in [4.78, 5) is 0.232. The van der Waals surface area contributed by atoms with Crippen LogP contribution in [-0.2, 0) is 16.6 Å². The van der Waals surface area contributed by atoms with Crippen LogP contribution in [-0.4, -0.2) is 19.8 Å². The van der Waals surface area contributed by atoms with Gasteiger partial charge in [-0.15, -0.1) is 0 Å². The quantitative estimate of drug-likeness (QED) is 0.749. The second kappa shape index (κ2) is 6.01. The second-order valence-electron chi connectivity index (χ2n) is 4.34. The molecule has 1 aromatic carbocycles. The molecule has 0 atom stereocenters. The standard InChI is InChI=1S/C13H13Br2NO3S/c1-9-10(5-6-19-9)8-16(2)20(17,18)13-7-11(14)3-4-12(13)15/h3-7H,8H2,1-2H3. The van der Waals surface area contributed by atoms with Crippen LogP contribution < -0.4 is 0 Å². The predicted molar refractivity (Wildman–Crippen MR) is 83.9 cm³/mol. The maximum atomic E-state index is 12.6. The predicted octanol–water partition coefficient (Wildman–Crippen LogP) is 3.93. The van der Waals surface area contributed by atoms with Crippen LogP contribution in [0.2, 0.25) is 0 Å². The molecule has 2 rings (SSSR count). The highest BCUT2D eigenvalue weighted by Crippen LogP contribution is 2.28. The van der Waals surface area contributed by atoms with Gasteiger partial charge in [-0.05, 0) is 47.1 Å². The molecule has 20 heavy (non-hydrogen) atoms. The summed E-state index contributed by atoms with van der Waals surface area (Å²) in [5.74, 6) is 0.723. The number of hydrogen-bond donors (Lipinski definition) is 0. The maximum absolute atomic E-state index is 12.6. The molecule has 7 heteroatoms. The molecule has 108 valence electrons. The largest absolute Gasteiger partial charge is 0.469 e. The first-order chi connectivity index (χ1) is 9.32. The monoisotopic (exact) mass is 421 g/mol. The number of rotatable bonds is 4. The van der Waals surface area contributed by atoms with Gasteiger partial charge in [0.25, 0.3) is 0 Å². The van der Waals surface area contributed by atoms with Crippen molar-refractivity contribution >= 4 is 41.9 Å². The zero-order valence-electron chi connectivity index (χ0n) is 10.9. The van der Waals surface area contributed by atoms with Crippen molar-refractivity contribution in [3.8, 4) is 0 Å². The van der Waals surface area contributed by atoms with E-state index in [9.17, 15) is 8.42 Å². The number of halogens is 2. The minimum absolute atomic E-state index is 0.232. The van der Waals surface area contributed by atoms with Crippen molar-refractivity contribution in [3.05, 3.63) is 50.8 Å². The van der Waals surface area contributed by atoms with E-state index in [2.05, 4.69) is 31.9 Å². The molecule has 0 saturated carbocycles. The summed E-state index contributed by atoms with van der Waals surface area (Å²) in [7, 11) is -2.02. The van der Waals surface area contributed by atoms with Crippen LogP contribution in [0.3, 0.4) is 0 Å². The fraction of sp³-hybridized carbons (Fsp3) is 0.231. The van der Waals surface area contributed by atoms with E-state index in [0.29, 0.717) is 8.95 Å². The summed E-state index contributed by atoms with van der Waals surface area (Å²) in [6, 6.07) is 6.84. The van der Waals surface area contributed by atoms with E-state index < -0.39 is 10.0 Å². The molecule has 0 fully saturated rings. The highest BCUT2D eigenvalue weighted by atomic mass is 79.9. The molecule has 0 spiro atoms. The fourth-order valence-corrected chi connectivity index (χ4v) is 4.35. The molecule has 0 unspecified atom stereocenters. The number of aryl methyl sites for hydroxylation is 1. The fourth-order valence-electron chi connectivity index (χ4n) is 1.74. The Bertz CT molecular complexity index is 725. The second-order valence-corrected chi connectivity index (χ2v) is 8.12. The lowest BCUT2D eigenvalue weighted by atomic mass is 10.3. The topological polar surface area (TPSA) is 50.5 Å². The summed E-state index contributed by atoms with van der Waals surface area (Å²) >= 11 is 6.57. The Balaban J connectivity index is 2.35. The van der Waals surface area contributed by atoms with E-state index in [4.69, 9.17) is 4.42 Å². The Hall–Kier alpha value is -0.630. The molecule has 0 aliphatic carbocycles. The number of sulfonamides is 1. The molecule has 1 heterocycles. The summed E-state index contributed by atoms with van der Waals surface area (Å²) in [5.41, 5.74) is 0.849. The van der Waals surface area contributed by atoms with E-state index in [1.54, 1.807) is 37.6 Å². The van der Waals surface area contributed by atoms with Gasteiger partial charge in [0.15, 0.2) is 0 Å². The zero-order chi connectivity index (χ0) is 14.9. The third kappa shape index (κ3) is 3.16. The third-order valence-electron chi connectivity index (χ3n) is 2.94. The minimum Gasteiger partial charge on any atom is -0.469 e. The molecule has 1 aromatic heterocycles. The van der Waals surface area contributed by atoms with E-state index in [1.807, 2.05) is 6.92 Å². The molecule has 2 aromatic rings. The van der Waals surface area contributed by atoms with Gasteiger partial charge < -0.3 is 4.42 Å². The van der Waals surface area contributed by atoms with Gasteiger partial charge in [0.05, 0.1) is 11.2 Å². The van der Waals surface area contributed by atoms with Gasteiger partial charge in [-0.2, -0.15) is 4.31 Å². The lowest BCUT2D eigenvalue weighted by molar-refractivity contribution is 0.458. The molecular formula is C13H13Br2NO3S. The van der Waals surface area contributed by atoms with Crippen LogP contribution in [0.4, 0.5) is 0 Å². The smallest absolute Gasteiger partial charge is 0.244 e. The van der Waals surface area contributed by atoms with Crippen LogP contribution in [0.15, 0.2) is 48.8 Å². The Labute approximate surface area is 135 Å². The average molecular weight is 423 g/mol. The number of nitrogens with zero attached hydrogens (tertiary/aromatic N) is 1. The molecule has 4 nitrogen and oxygen atoms in total. The van der Waals surface area contributed by atoms with Crippen molar-refractivity contribution in [2.24, 2.45) is 0 Å². The van der Waals surface area contributed by atoms with Crippen LogP contribution in [0, 0.1) is 6.92 Å². The first-order valence-electron chi connectivity index (χ1n) is 5.76. The van der Waals surface area contributed by atoms with Gasteiger partial charge in [-0.25, -0.2) is 8.42 Å². The molecule has 0 bridgehead atoms. The molecule has 0 saturated heterocycles. The lowest BCUT2D eigenvalue weighted by Gasteiger charge is -2.18. The summed E-state index contributed by atoms with van der Waals surface area (Å²) < 4.78 is 32.9. The highest BCUT2D eigenvalue weighted by Gasteiger charge is 2.24. The van der Waals surface area contributed by atoms with E-state index >= 15 is 0 Å². The normalized spacial score (nSPS) is 12.1. The molecule has 0 aliphatic heterocycles. The van der Waals surface area contributed by atoms with Crippen molar-refractivity contribution < 1.29 is 12.8 Å². The van der Waals surface area contributed by atoms with Gasteiger partial charge in [0, 0.05) is 28.1 Å². The summed E-state index contributed by atoms with van der Waals surface area (Å²) in [6.45, 7) is 2.08. The van der Waals surface area contributed by atoms with Gasteiger partial charge in [-0.1, -0.05) is 15.9 Å². The molecule has 0 aliphatic rings. The van der Waals surface area contributed by atoms with Crippen molar-refractivity contribution in [2.75, 3.05) is 7.05 Å². The van der Waals surface area contributed by atoms with Crippen molar-refractivity contribution in [3.63, 3.8) is 0 Å². The van der Waals surface area contributed by atoms with E-state index in [1.165, 1.54) is 4.31 Å². The number of hydrogen-bond acceptors (Lipinski definition) is 3. The van der Waals surface area contributed by atoms with E-state index in [0.717, 1.165) is 11.3 Å². The zero-order valence-corrected chi connectivity index (χ0v) is 14.9. The average Bonchev–Trinajstić information content (AvgIpc) is 2.78. The lowest BCUT2D eigenvalue weighted by Crippen LogP contribution is -2.26. The molecule has 0 radical (unpaired) electrons. The van der Waals surface area contributed by atoms with Crippen LogP contribution in [0.5, 0.6) is 0 Å². The highest BCUT2D eigenvalue weighted by molar-refractivity contribution is 9.11. The van der Waals surface area contributed by atoms with Crippen LogP contribution in [0.25, 0.3) is 0 Å². The first kappa shape index (κ1) is 15.8. The van der Waals surface area contributed by atoms with Crippen molar-refractivity contribution in [2.45, 2.75) is 18.4 Å². The minimum atomic E-state index is -3.57. The van der Waals surface area contributed by atoms with Gasteiger partial charge in [0.2, 0.25) is 10.0 Å². The Morgan fingerprint density at radius 2 is 1.95 bits per heavy atom. The summed E-state index contributed by atoms with van der Waals surface area (Å²) in [5, 5.41) is 0. The van der Waals surface area contributed by atoms with Crippen molar-refractivity contribution in [1.82, 2.24) is 4.31 Å². The van der Waals surface area contributed by atoms with Crippen LogP contribution in [0.1, 0.15) is 11.3 Å². The van der Waals surface area contributed by atoms with Gasteiger partial charge >= 0.3 is 0 Å². The SMILES string of the molecule is Cc1occc1CN(C)S(=O)(=O)c1cc(Br)ccc1Br. The van der Waals surface area contributed by atoms with Gasteiger partial charge in [-0.3, -0.25) is 0 Å². The number of furan rings is 1. The number of benzene rings is 1. The Kier molecular flexibility index (Phi) is 4.73. The molecule has 0 N–H and O–H groups in total. The van der Waals surface area contributed by atoms with E-state index in [-0.39, 0.29) is 11.4 Å². The van der Waals surface area contributed by atoms with Crippen LogP contribution >= 0.6 is 31.9 Å². The third-order valence-corrected chi connectivity index (χ3v) is 6.23. The molecular weight excluding hydrogens is 410 g/mol. The van der Waals surface area contributed by atoms with Crippen molar-refractivity contribution in [1.29, 1.82) is 0 Å². The molecule has 0 amide bonds. The maximum Gasteiger partial charge on any atom is 0.244 e. The Morgan fingerprint density at radius 3 is 2.55 bits per heavy atom. The summed E-state index contributed by atoms with van der Waals surface area (Å²) in [6.07, 6.45) is 1.56. The Morgan fingerprint density at radius 1 is 1.25 bits per heavy atom.